The topological polar surface area (TPSA) is 29.5 Å². The van der Waals surface area contributed by atoms with Gasteiger partial charge in [-0.05, 0) is 49.8 Å². The predicted octanol–water partition coefficient (Wildman–Crippen LogP) is 2.80. The van der Waals surface area contributed by atoms with Gasteiger partial charge in [0.05, 0.1) is 6.61 Å². The molecule has 0 saturated heterocycles. The summed E-state index contributed by atoms with van der Waals surface area (Å²) in [5.74, 6) is 1.64. The number of hydrogen-bond donors (Lipinski definition) is 1. The first-order valence-corrected chi connectivity index (χ1v) is 5.10. The van der Waals surface area contributed by atoms with Gasteiger partial charge in [-0.3, -0.25) is 0 Å². The molecule has 1 aliphatic rings. The molecule has 0 bridgehead atoms. The zero-order valence-electron chi connectivity index (χ0n) is 8.71. The van der Waals surface area contributed by atoms with Gasteiger partial charge in [-0.25, -0.2) is 0 Å². The van der Waals surface area contributed by atoms with E-state index in [1.54, 1.807) is 6.07 Å². The van der Waals surface area contributed by atoms with E-state index in [1.807, 2.05) is 19.9 Å². The van der Waals surface area contributed by atoms with E-state index in [9.17, 15) is 5.11 Å². The summed E-state index contributed by atoms with van der Waals surface area (Å²) in [7, 11) is 0. The third-order valence-corrected chi connectivity index (χ3v) is 2.56. The summed E-state index contributed by atoms with van der Waals surface area (Å²) in [5, 5.41) is 9.68. The molecule has 1 N–H and O–H groups in total. The second-order valence-electron chi connectivity index (χ2n) is 4.18. The second kappa shape index (κ2) is 3.52. The van der Waals surface area contributed by atoms with Gasteiger partial charge in [-0.15, -0.1) is 0 Å². The van der Waals surface area contributed by atoms with E-state index in [0.717, 1.165) is 23.7 Å². The van der Waals surface area contributed by atoms with Gasteiger partial charge in [-0.2, -0.15) is 0 Å². The fourth-order valence-corrected chi connectivity index (χ4v) is 1.61. The molecule has 1 aliphatic carbocycles. The van der Waals surface area contributed by atoms with Crippen molar-refractivity contribution in [3.8, 4) is 11.5 Å². The summed E-state index contributed by atoms with van der Waals surface area (Å²) < 4.78 is 5.60. The summed E-state index contributed by atoms with van der Waals surface area (Å²) in [6.07, 6.45) is 2.54. The minimum Gasteiger partial charge on any atom is -0.504 e. The van der Waals surface area contributed by atoms with Crippen molar-refractivity contribution in [2.45, 2.75) is 26.7 Å². The number of benzene rings is 1. The van der Waals surface area contributed by atoms with Crippen molar-refractivity contribution in [2.75, 3.05) is 6.61 Å². The average molecular weight is 192 g/mol. The zero-order chi connectivity index (χ0) is 10.1. The van der Waals surface area contributed by atoms with Crippen LogP contribution in [0.5, 0.6) is 11.5 Å². The molecule has 1 aromatic carbocycles. The van der Waals surface area contributed by atoms with Crippen molar-refractivity contribution < 1.29 is 9.84 Å². The molecule has 0 atom stereocenters. The van der Waals surface area contributed by atoms with Crippen LogP contribution in [0.15, 0.2) is 12.1 Å². The van der Waals surface area contributed by atoms with Crippen LogP contribution in [0.1, 0.15) is 24.0 Å². The summed E-state index contributed by atoms with van der Waals surface area (Å²) in [4.78, 5) is 0. The lowest BCUT2D eigenvalue weighted by Gasteiger charge is -2.11. The Bertz CT molecular complexity index is 317. The lowest BCUT2D eigenvalue weighted by molar-refractivity contribution is 0.282. The molecule has 1 aromatic rings. The molecule has 0 heterocycles. The van der Waals surface area contributed by atoms with E-state index in [0.29, 0.717) is 5.75 Å². The van der Waals surface area contributed by atoms with Gasteiger partial charge >= 0.3 is 0 Å². The summed E-state index contributed by atoms with van der Waals surface area (Å²) in [5.41, 5.74) is 2.09. The quantitative estimate of drug-likeness (QED) is 0.798. The maximum atomic E-state index is 9.68. The first-order chi connectivity index (χ1) is 6.66. The molecule has 0 amide bonds. The molecule has 14 heavy (non-hydrogen) atoms. The molecule has 76 valence electrons. The number of phenols is 1. The normalized spacial score (nSPS) is 15.6. The smallest absolute Gasteiger partial charge is 0.163 e. The number of rotatable bonds is 3. The Hall–Kier alpha value is -1.18. The van der Waals surface area contributed by atoms with Gasteiger partial charge in [0, 0.05) is 0 Å². The lowest BCUT2D eigenvalue weighted by atomic mass is 10.1. The van der Waals surface area contributed by atoms with E-state index in [2.05, 4.69) is 0 Å². The minimum absolute atomic E-state index is 0.267. The van der Waals surface area contributed by atoms with Crippen molar-refractivity contribution in [3.63, 3.8) is 0 Å². The van der Waals surface area contributed by atoms with Crippen LogP contribution in [0, 0.1) is 19.8 Å². The van der Waals surface area contributed by atoms with Crippen LogP contribution >= 0.6 is 0 Å². The monoisotopic (exact) mass is 192 g/mol. The molecule has 2 rings (SSSR count). The first-order valence-electron chi connectivity index (χ1n) is 5.10. The number of aromatic hydroxyl groups is 1. The summed E-state index contributed by atoms with van der Waals surface area (Å²) >= 11 is 0. The highest BCUT2D eigenvalue weighted by molar-refractivity contribution is 5.47. The molecule has 0 aromatic heterocycles. The molecule has 2 heteroatoms. The average Bonchev–Trinajstić information content (AvgIpc) is 2.85. The van der Waals surface area contributed by atoms with Crippen LogP contribution in [-0.4, -0.2) is 11.7 Å². The van der Waals surface area contributed by atoms with E-state index < -0.39 is 0 Å². The van der Waals surface area contributed by atoms with Gasteiger partial charge in [0.25, 0.3) is 0 Å². The highest BCUT2D eigenvalue weighted by atomic mass is 16.5. The predicted molar refractivity (Wildman–Crippen MR) is 55.8 cm³/mol. The van der Waals surface area contributed by atoms with Crippen molar-refractivity contribution in [3.05, 3.63) is 23.3 Å². The Morgan fingerprint density at radius 1 is 1.36 bits per heavy atom. The Balaban J connectivity index is 2.13. The maximum Gasteiger partial charge on any atom is 0.163 e. The van der Waals surface area contributed by atoms with Crippen LogP contribution in [0.2, 0.25) is 0 Å². The van der Waals surface area contributed by atoms with Gasteiger partial charge in [0.1, 0.15) is 0 Å². The molecule has 1 saturated carbocycles. The standard InChI is InChI=1S/C12H16O2/c1-8-5-9(2)12(11(13)6-8)14-7-10-3-4-10/h5-6,10,13H,3-4,7H2,1-2H3. The Labute approximate surface area is 84.5 Å². The number of ether oxygens (including phenoxy) is 1. The SMILES string of the molecule is Cc1cc(C)c(OCC2CC2)c(O)c1. The van der Waals surface area contributed by atoms with Gasteiger partial charge in [0.2, 0.25) is 0 Å². The summed E-state index contributed by atoms with van der Waals surface area (Å²) in [6.45, 7) is 4.68. The van der Waals surface area contributed by atoms with Crippen LogP contribution in [0.3, 0.4) is 0 Å². The van der Waals surface area contributed by atoms with E-state index in [-0.39, 0.29) is 5.75 Å². The minimum atomic E-state index is 0.267. The maximum absolute atomic E-state index is 9.68. The second-order valence-corrected chi connectivity index (χ2v) is 4.18. The third-order valence-electron chi connectivity index (χ3n) is 2.56. The fourth-order valence-electron chi connectivity index (χ4n) is 1.61. The molecule has 0 spiro atoms. The van der Waals surface area contributed by atoms with Crippen LogP contribution < -0.4 is 4.74 Å². The lowest BCUT2D eigenvalue weighted by Crippen LogP contribution is -2.00. The molecule has 1 fully saturated rings. The highest BCUT2D eigenvalue weighted by Crippen LogP contribution is 2.34. The van der Waals surface area contributed by atoms with Crippen LogP contribution in [-0.2, 0) is 0 Å². The fraction of sp³-hybridized carbons (Fsp3) is 0.500. The van der Waals surface area contributed by atoms with Gasteiger partial charge in [0.15, 0.2) is 11.5 Å². The number of aryl methyl sites for hydroxylation is 2. The van der Waals surface area contributed by atoms with Gasteiger partial charge in [-0.1, -0.05) is 6.07 Å². The molecule has 0 aliphatic heterocycles. The van der Waals surface area contributed by atoms with Crippen LogP contribution in [0.25, 0.3) is 0 Å². The molecule has 2 nitrogen and oxygen atoms in total. The molecule has 0 unspecified atom stereocenters. The molecule has 0 radical (unpaired) electrons. The van der Waals surface area contributed by atoms with E-state index in [4.69, 9.17) is 4.74 Å². The largest absolute Gasteiger partial charge is 0.504 e. The van der Waals surface area contributed by atoms with Crippen molar-refractivity contribution in [2.24, 2.45) is 5.92 Å². The Kier molecular flexibility index (Phi) is 2.36. The summed E-state index contributed by atoms with van der Waals surface area (Å²) in [6, 6.07) is 3.77. The number of hydrogen-bond acceptors (Lipinski definition) is 2. The molecular formula is C12H16O2. The van der Waals surface area contributed by atoms with Crippen molar-refractivity contribution >= 4 is 0 Å². The van der Waals surface area contributed by atoms with E-state index in [1.165, 1.54) is 12.8 Å². The van der Waals surface area contributed by atoms with Gasteiger partial charge < -0.3 is 9.84 Å². The zero-order valence-corrected chi connectivity index (χ0v) is 8.71. The van der Waals surface area contributed by atoms with Crippen molar-refractivity contribution in [1.82, 2.24) is 0 Å². The Morgan fingerprint density at radius 3 is 2.64 bits per heavy atom. The number of phenolic OH excluding ortho intramolecular Hbond substituents is 1. The first kappa shape index (κ1) is 9.38. The van der Waals surface area contributed by atoms with E-state index >= 15 is 0 Å². The Morgan fingerprint density at radius 2 is 2.07 bits per heavy atom. The van der Waals surface area contributed by atoms with Crippen LogP contribution in [0.4, 0.5) is 0 Å². The van der Waals surface area contributed by atoms with Crippen molar-refractivity contribution in [1.29, 1.82) is 0 Å². The third kappa shape index (κ3) is 2.00. The highest BCUT2D eigenvalue weighted by Gasteiger charge is 2.22. The molecular weight excluding hydrogens is 176 g/mol.